The zero-order chi connectivity index (χ0) is 12.4. The summed E-state index contributed by atoms with van der Waals surface area (Å²) in [7, 11) is 3.30. The molecule has 6 heteroatoms. The fourth-order valence-electron chi connectivity index (χ4n) is 2.15. The second kappa shape index (κ2) is 5.10. The summed E-state index contributed by atoms with van der Waals surface area (Å²) in [6, 6.07) is 0.865. The van der Waals surface area contributed by atoms with Crippen LogP contribution in [0.25, 0.3) is 0 Å². The Kier molecular flexibility index (Phi) is 3.73. The van der Waals surface area contributed by atoms with Crippen molar-refractivity contribution >= 4 is 0 Å². The van der Waals surface area contributed by atoms with Gasteiger partial charge in [0, 0.05) is 13.1 Å². The highest BCUT2D eigenvalue weighted by Crippen LogP contribution is 2.25. The molecule has 0 fully saturated rings. The minimum absolute atomic E-state index is 0.462. The Hall–Kier alpha value is -1.01. The molecule has 0 saturated heterocycles. The largest absolute Gasteiger partial charge is 0.311 e. The molecule has 1 aromatic heterocycles. The molecule has 1 aliphatic heterocycles. The lowest BCUT2D eigenvalue weighted by Gasteiger charge is -2.21. The van der Waals surface area contributed by atoms with Crippen LogP contribution < -0.4 is 5.32 Å². The minimum Gasteiger partial charge on any atom is -0.311 e. The molecule has 2 heterocycles. The molecular weight excluding hydrogens is 226 g/mol. The molecule has 1 atom stereocenters. The van der Waals surface area contributed by atoms with Crippen molar-refractivity contribution in [3.8, 4) is 0 Å². The van der Waals surface area contributed by atoms with E-state index in [1.807, 2.05) is 4.68 Å². The Labute approximate surface area is 99.6 Å². The van der Waals surface area contributed by atoms with Crippen LogP contribution in [0.4, 0.5) is 8.78 Å². The van der Waals surface area contributed by atoms with Crippen LogP contribution >= 0.6 is 0 Å². The average molecular weight is 244 g/mol. The maximum absolute atomic E-state index is 13.0. The van der Waals surface area contributed by atoms with E-state index in [0.29, 0.717) is 12.2 Å². The molecule has 0 spiro atoms. The summed E-state index contributed by atoms with van der Waals surface area (Å²) in [5, 5.41) is 7.56. The highest BCUT2D eigenvalue weighted by atomic mass is 19.3. The number of hydrogen-bond donors (Lipinski definition) is 1. The maximum Gasteiger partial charge on any atom is 0.259 e. The molecule has 4 nitrogen and oxygen atoms in total. The van der Waals surface area contributed by atoms with Gasteiger partial charge in [-0.3, -0.25) is 9.58 Å². The lowest BCUT2D eigenvalue weighted by molar-refractivity contribution is 0.0462. The lowest BCUT2D eigenvalue weighted by atomic mass is 10.2. The van der Waals surface area contributed by atoms with Gasteiger partial charge >= 0.3 is 0 Å². The highest BCUT2D eigenvalue weighted by molar-refractivity contribution is 5.15. The Bertz CT molecular complexity index is 344. The molecule has 0 amide bonds. The van der Waals surface area contributed by atoms with Gasteiger partial charge < -0.3 is 5.32 Å². The van der Waals surface area contributed by atoms with Gasteiger partial charge in [-0.15, -0.1) is 0 Å². The number of alkyl halides is 2. The van der Waals surface area contributed by atoms with Crippen LogP contribution in [-0.4, -0.2) is 41.7 Å². The number of nitrogens with one attached hydrogen (secondary N) is 1. The van der Waals surface area contributed by atoms with Crippen LogP contribution in [0, 0.1) is 0 Å². The molecule has 17 heavy (non-hydrogen) atoms. The number of halogens is 2. The first-order valence-electron chi connectivity index (χ1n) is 5.81. The molecule has 1 unspecified atom stereocenters. The van der Waals surface area contributed by atoms with E-state index in [2.05, 4.69) is 10.4 Å². The van der Waals surface area contributed by atoms with Crippen LogP contribution in [0.3, 0.4) is 0 Å². The number of rotatable bonds is 3. The Balaban J connectivity index is 2.26. The first-order chi connectivity index (χ1) is 8.09. The van der Waals surface area contributed by atoms with Gasteiger partial charge in [-0.2, -0.15) is 5.10 Å². The standard InChI is InChI=1S/C11H18F2N4/c1-16(2)10(11(12)13)9-6-8-7-14-4-3-5-17(8)15-9/h6,10-11,14H,3-5,7H2,1-2H3. The summed E-state index contributed by atoms with van der Waals surface area (Å²) in [4.78, 5) is 1.51. The van der Waals surface area contributed by atoms with E-state index in [1.54, 1.807) is 20.2 Å². The first-order valence-corrected chi connectivity index (χ1v) is 5.81. The number of aromatic nitrogens is 2. The van der Waals surface area contributed by atoms with Crippen molar-refractivity contribution in [2.24, 2.45) is 0 Å². The van der Waals surface area contributed by atoms with Gasteiger partial charge in [0.2, 0.25) is 0 Å². The van der Waals surface area contributed by atoms with Gasteiger partial charge in [0.25, 0.3) is 6.43 Å². The monoisotopic (exact) mass is 244 g/mol. The van der Waals surface area contributed by atoms with Crippen LogP contribution in [0.15, 0.2) is 6.07 Å². The number of hydrogen-bond acceptors (Lipinski definition) is 3. The zero-order valence-corrected chi connectivity index (χ0v) is 10.2. The first kappa shape index (κ1) is 12.4. The van der Waals surface area contributed by atoms with Gasteiger partial charge in [0.15, 0.2) is 0 Å². The van der Waals surface area contributed by atoms with E-state index in [-0.39, 0.29) is 0 Å². The second-order valence-corrected chi connectivity index (χ2v) is 4.56. The quantitative estimate of drug-likeness (QED) is 0.868. The zero-order valence-electron chi connectivity index (χ0n) is 10.2. The van der Waals surface area contributed by atoms with Crippen molar-refractivity contribution in [1.82, 2.24) is 20.0 Å². The van der Waals surface area contributed by atoms with E-state index in [9.17, 15) is 8.78 Å². The third-order valence-electron chi connectivity index (χ3n) is 3.01. The van der Waals surface area contributed by atoms with Crippen molar-refractivity contribution in [2.45, 2.75) is 32.0 Å². The molecule has 0 radical (unpaired) electrons. The third-order valence-corrected chi connectivity index (χ3v) is 3.01. The van der Waals surface area contributed by atoms with Gasteiger partial charge in [0.1, 0.15) is 6.04 Å². The normalized spacial score (nSPS) is 18.2. The fraction of sp³-hybridized carbons (Fsp3) is 0.727. The summed E-state index contributed by atoms with van der Waals surface area (Å²) in [6.45, 7) is 2.45. The van der Waals surface area contributed by atoms with Crippen LogP contribution in [0.1, 0.15) is 23.9 Å². The molecular formula is C11H18F2N4. The summed E-state index contributed by atoms with van der Waals surface area (Å²) in [5.74, 6) is 0. The maximum atomic E-state index is 13.0. The van der Waals surface area contributed by atoms with Crippen LogP contribution in [-0.2, 0) is 13.1 Å². The van der Waals surface area contributed by atoms with Gasteiger partial charge in [-0.1, -0.05) is 0 Å². The van der Waals surface area contributed by atoms with Gasteiger partial charge in [-0.25, -0.2) is 8.78 Å². The van der Waals surface area contributed by atoms with Crippen LogP contribution in [0.5, 0.6) is 0 Å². The van der Waals surface area contributed by atoms with E-state index in [1.165, 1.54) is 4.90 Å². The van der Waals surface area contributed by atoms with Crippen molar-refractivity contribution in [3.05, 3.63) is 17.5 Å². The average Bonchev–Trinajstić information content (AvgIpc) is 2.48. The van der Waals surface area contributed by atoms with Crippen molar-refractivity contribution in [1.29, 1.82) is 0 Å². The predicted molar refractivity (Wildman–Crippen MR) is 61.0 cm³/mol. The number of aryl methyl sites for hydroxylation is 1. The second-order valence-electron chi connectivity index (χ2n) is 4.56. The summed E-state index contributed by atoms with van der Waals surface area (Å²) >= 11 is 0. The molecule has 0 aromatic carbocycles. The van der Waals surface area contributed by atoms with Crippen molar-refractivity contribution in [2.75, 3.05) is 20.6 Å². The van der Waals surface area contributed by atoms with E-state index >= 15 is 0 Å². The summed E-state index contributed by atoms with van der Waals surface area (Å²) in [5.41, 5.74) is 1.45. The fourth-order valence-corrected chi connectivity index (χ4v) is 2.15. The molecule has 96 valence electrons. The topological polar surface area (TPSA) is 33.1 Å². The molecule has 0 bridgehead atoms. The summed E-state index contributed by atoms with van der Waals surface area (Å²) < 4.78 is 27.8. The molecule has 1 N–H and O–H groups in total. The Morgan fingerprint density at radius 3 is 2.88 bits per heavy atom. The molecule has 2 rings (SSSR count). The predicted octanol–water partition coefficient (Wildman–Crippen LogP) is 1.24. The van der Waals surface area contributed by atoms with Crippen molar-refractivity contribution < 1.29 is 8.78 Å². The van der Waals surface area contributed by atoms with Gasteiger partial charge in [0.05, 0.1) is 11.4 Å². The summed E-state index contributed by atoms with van der Waals surface area (Å²) in [6.07, 6.45) is -1.44. The van der Waals surface area contributed by atoms with E-state index < -0.39 is 12.5 Å². The molecule has 0 saturated carbocycles. The lowest BCUT2D eigenvalue weighted by Crippen LogP contribution is -2.26. The minimum atomic E-state index is -2.42. The smallest absolute Gasteiger partial charge is 0.259 e. The highest BCUT2D eigenvalue weighted by Gasteiger charge is 2.28. The number of fused-ring (bicyclic) bond motifs is 1. The SMILES string of the molecule is CN(C)C(c1cc2n(n1)CCCNC2)C(F)F. The molecule has 1 aromatic rings. The Morgan fingerprint density at radius 2 is 2.24 bits per heavy atom. The molecule has 1 aliphatic rings. The number of nitrogens with zero attached hydrogens (tertiary/aromatic N) is 3. The Morgan fingerprint density at radius 1 is 1.47 bits per heavy atom. The van der Waals surface area contributed by atoms with E-state index in [4.69, 9.17) is 0 Å². The molecule has 0 aliphatic carbocycles. The van der Waals surface area contributed by atoms with Crippen LogP contribution in [0.2, 0.25) is 0 Å². The van der Waals surface area contributed by atoms with E-state index in [0.717, 1.165) is 25.2 Å². The van der Waals surface area contributed by atoms with Crippen molar-refractivity contribution in [3.63, 3.8) is 0 Å². The van der Waals surface area contributed by atoms with Gasteiger partial charge in [-0.05, 0) is 33.1 Å². The third kappa shape index (κ3) is 2.63.